The van der Waals surface area contributed by atoms with E-state index in [0.717, 1.165) is 11.8 Å². The van der Waals surface area contributed by atoms with Gasteiger partial charge < -0.3 is 12.4 Å². The topological polar surface area (TPSA) is 30.7 Å². The monoisotopic (exact) mass is 369 g/mol. The van der Waals surface area contributed by atoms with E-state index in [0.29, 0.717) is 0 Å². The number of fused-ring (bicyclic) bond motifs is 1. The van der Waals surface area contributed by atoms with E-state index in [2.05, 4.69) is 60.0 Å². The van der Waals surface area contributed by atoms with Crippen LogP contribution in [0.3, 0.4) is 0 Å². The van der Waals surface area contributed by atoms with Crippen LogP contribution in [0.25, 0.3) is 11.0 Å². The number of hydrogen-bond donors (Lipinski definition) is 0. The lowest BCUT2D eigenvalue weighted by atomic mass is 10.3. The molecule has 0 N–H and O–H groups in total. The quantitative estimate of drug-likeness (QED) is 0.570. The number of halogens is 1. The molecule has 0 saturated heterocycles. The zero-order chi connectivity index (χ0) is 16.5. The van der Waals surface area contributed by atoms with Gasteiger partial charge in [0.2, 0.25) is 0 Å². The van der Waals surface area contributed by atoms with Gasteiger partial charge in [0.05, 0.1) is 24.0 Å². The van der Waals surface area contributed by atoms with E-state index in [9.17, 15) is 0 Å². The summed E-state index contributed by atoms with van der Waals surface area (Å²) < 4.78 is 2.21. The molecule has 0 atom stereocenters. The third kappa shape index (κ3) is 5.70. The van der Waals surface area contributed by atoms with Gasteiger partial charge in [0.1, 0.15) is 5.52 Å². The summed E-state index contributed by atoms with van der Waals surface area (Å²) in [7, 11) is -0.978. The summed E-state index contributed by atoms with van der Waals surface area (Å²) >= 11 is 0. The molecule has 1 aromatic carbocycles. The van der Waals surface area contributed by atoms with Crippen LogP contribution < -0.4 is 12.4 Å². The first-order chi connectivity index (χ1) is 11.2. The summed E-state index contributed by atoms with van der Waals surface area (Å²) in [6, 6.07) is 8.40. The average molecular weight is 370 g/mol. The Hall–Kier alpha value is -0.660. The Morgan fingerprint density at radius 2 is 1.42 bits per heavy atom. The van der Waals surface area contributed by atoms with Crippen molar-refractivity contribution >= 4 is 18.3 Å². The number of rotatable bonds is 11. The fourth-order valence-electron chi connectivity index (χ4n) is 3.33. The van der Waals surface area contributed by atoms with Gasteiger partial charge in [0, 0.05) is 7.26 Å². The van der Waals surface area contributed by atoms with Gasteiger partial charge in [-0.2, -0.15) is 0 Å². The fraction of sp³-hybridized carbons (Fsp3) is 0.684. The van der Waals surface area contributed by atoms with Gasteiger partial charge >= 0.3 is 0 Å². The molecule has 0 aliphatic heterocycles. The molecule has 5 heteroatoms. The second-order valence-electron chi connectivity index (χ2n) is 6.79. The van der Waals surface area contributed by atoms with Crippen molar-refractivity contribution in [3.63, 3.8) is 0 Å². The summed E-state index contributed by atoms with van der Waals surface area (Å²) in [5, 5.41) is 8.87. The van der Waals surface area contributed by atoms with Crippen molar-refractivity contribution in [3.05, 3.63) is 24.3 Å². The van der Waals surface area contributed by atoms with E-state index < -0.39 is 7.26 Å². The molecule has 0 radical (unpaired) electrons. The van der Waals surface area contributed by atoms with Gasteiger partial charge in [-0.15, -0.1) is 5.10 Å². The van der Waals surface area contributed by atoms with Gasteiger partial charge in [-0.1, -0.05) is 57.4 Å². The molecule has 1 heterocycles. The first-order valence-electron chi connectivity index (χ1n) is 9.38. The van der Waals surface area contributed by atoms with Crippen molar-refractivity contribution < 1.29 is 12.4 Å². The number of para-hydroxylation sites is 1. The first kappa shape index (κ1) is 21.4. The van der Waals surface area contributed by atoms with Crippen LogP contribution in [-0.2, 0) is 6.29 Å². The van der Waals surface area contributed by atoms with Gasteiger partial charge in [0.15, 0.2) is 6.29 Å². The lowest BCUT2D eigenvalue weighted by molar-refractivity contribution is -0.00000517. The Bertz CT molecular complexity index is 563. The third-order valence-corrected chi connectivity index (χ3v) is 9.47. The van der Waals surface area contributed by atoms with E-state index in [1.54, 1.807) is 0 Å². The highest BCUT2D eigenvalue weighted by Crippen LogP contribution is 2.62. The minimum absolute atomic E-state index is 0. The van der Waals surface area contributed by atoms with Crippen molar-refractivity contribution in [2.45, 2.75) is 65.6 Å². The molecular formula is C19H33ClN3P. The Morgan fingerprint density at radius 1 is 0.875 bits per heavy atom. The minimum Gasteiger partial charge on any atom is -1.00 e. The van der Waals surface area contributed by atoms with E-state index in [1.807, 2.05) is 0 Å². The summed E-state index contributed by atoms with van der Waals surface area (Å²) in [5.74, 6) is 0. The van der Waals surface area contributed by atoms with Crippen molar-refractivity contribution in [1.29, 1.82) is 0 Å². The summed E-state index contributed by atoms with van der Waals surface area (Å²) in [4.78, 5) is 0. The minimum atomic E-state index is -0.978. The van der Waals surface area contributed by atoms with Crippen molar-refractivity contribution in [3.8, 4) is 0 Å². The first-order valence-corrected chi connectivity index (χ1v) is 11.9. The molecule has 1 aromatic heterocycles. The van der Waals surface area contributed by atoms with E-state index >= 15 is 0 Å². The Labute approximate surface area is 154 Å². The standard InChI is InChI=1S/C19H33N3P.ClH/c1-4-7-14-23(15-8-5-2,16-9-6-3)17-22-19-13-11-10-12-18(19)20-21-22;/h10-13H,4-9,14-17H2,1-3H3;1H/q+1;/p-1. The van der Waals surface area contributed by atoms with Crippen molar-refractivity contribution in [2.75, 3.05) is 18.5 Å². The molecule has 136 valence electrons. The molecule has 0 fully saturated rings. The van der Waals surface area contributed by atoms with Crippen LogP contribution in [0.4, 0.5) is 0 Å². The lowest BCUT2D eigenvalue weighted by Crippen LogP contribution is -3.00. The summed E-state index contributed by atoms with van der Waals surface area (Å²) in [5.41, 5.74) is 2.24. The van der Waals surface area contributed by atoms with Gasteiger partial charge in [-0.25, -0.2) is 4.68 Å². The summed E-state index contributed by atoms with van der Waals surface area (Å²) in [6.45, 7) is 6.96. The van der Waals surface area contributed by atoms with Crippen molar-refractivity contribution in [2.24, 2.45) is 0 Å². The largest absolute Gasteiger partial charge is 1.00 e. The highest BCUT2D eigenvalue weighted by Gasteiger charge is 2.36. The zero-order valence-electron chi connectivity index (χ0n) is 15.5. The number of unbranched alkanes of at least 4 members (excludes halogenated alkanes) is 3. The smallest absolute Gasteiger partial charge is 0.152 e. The molecule has 0 aliphatic rings. The third-order valence-electron chi connectivity index (χ3n) is 4.81. The molecule has 2 rings (SSSR count). The average Bonchev–Trinajstić information content (AvgIpc) is 2.99. The van der Waals surface area contributed by atoms with E-state index in [1.165, 1.54) is 62.5 Å². The molecule has 0 saturated carbocycles. The van der Waals surface area contributed by atoms with Crippen LogP contribution >= 0.6 is 7.26 Å². The molecule has 0 bridgehead atoms. The normalized spacial score (nSPS) is 11.6. The van der Waals surface area contributed by atoms with E-state index in [4.69, 9.17) is 0 Å². The lowest BCUT2D eigenvalue weighted by Gasteiger charge is -2.27. The van der Waals surface area contributed by atoms with Crippen LogP contribution in [0.2, 0.25) is 0 Å². The zero-order valence-corrected chi connectivity index (χ0v) is 17.2. The number of nitrogens with zero attached hydrogens (tertiary/aromatic N) is 3. The fourth-order valence-corrected chi connectivity index (χ4v) is 8.17. The Balaban J connectivity index is 0.00000288. The second kappa shape index (κ2) is 11.1. The Kier molecular flexibility index (Phi) is 9.85. The van der Waals surface area contributed by atoms with Crippen molar-refractivity contribution in [1.82, 2.24) is 15.0 Å². The SMILES string of the molecule is CCCC[P+](CCCC)(CCCC)Cn1nnc2ccccc21.[Cl-]. The molecule has 24 heavy (non-hydrogen) atoms. The van der Waals surface area contributed by atoms with Crippen LogP contribution in [0.1, 0.15) is 59.3 Å². The maximum atomic E-state index is 4.50. The summed E-state index contributed by atoms with van der Waals surface area (Å²) in [6.07, 6.45) is 13.4. The maximum absolute atomic E-state index is 4.50. The number of benzene rings is 1. The predicted octanol–water partition coefficient (Wildman–Crippen LogP) is 2.81. The molecular weight excluding hydrogens is 337 g/mol. The Morgan fingerprint density at radius 3 is 1.96 bits per heavy atom. The van der Waals surface area contributed by atoms with Gasteiger partial charge in [-0.3, -0.25) is 0 Å². The van der Waals surface area contributed by atoms with Crippen LogP contribution in [0.15, 0.2) is 24.3 Å². The number of hydrogen-bond acceptors (Lipinski definition) is 2. The molecule has 0 aliphatic carbocycles. The molecule has 0 amide bonds. The van der Waals surface area contributed by atoms with E-state index in [-0.39, 0.29) is 12.4 Å². The van der Waals surface area contributed by atoms with Crippen LogP contribution in [-0.4, -0.2) is 33.5 Å². The highest BCUT2D eigenvalue weighted by atomic mass is 35.5. The molecule has 3 nitrogen and oxygen atoms in total. The van der Waals surface area contributed by atoms with Crippen LogP contribution in [0, 0.1) is 0 Å². The molecule has 0 unspecified atom stereocenters. The second-order valence-corrected chi connectivity index (χ2v) is 11.1. The molecule has 0 spiro atoms. The number of aromatic nitrogens is 3. The van der Waals surface area contributed by atoms with Gasteiger partial charge in [-0.05, 0) is 31.4 Å². The highest BCUT2D eigenvalue weighted by molar-refractivity contribution is 7.74. The van der Waals surface area contributed by atoms with Gasteiger partial charge in [0.25, 0.3) is 0 Å². The molecule has 2 aromatic rings. The maximum Gasteiger partial charge on any atom is 0.152 e. The van der Waals surface area contributed by atoms with Crippen LogP contribution in [0.5, 0.6) is 0 Å². The predicted molar refractivity (Wildman–Crippen MR) is 104 cm³/mol.